The van der Waals surface area contributed by atoms with Gasteiger partial charge in [0.05, 0.1) is 12.0 Å². The predicted octanol–water partition coefficient (Wildman–Crippen LogP) is 2.58. The van der Waals surface area contributed by atoms with E-state index < -0.39 is 0 Å². The zero-order valence-corrected chi connectivity index (χ0v) is 13.4. The van der Waals surface area contributed by atoms with Gasteiger partial charge in [-0.25, -0.2) is 4.68 Å². The fraction of sp³-hybridized carbons (Fsp3) is 0.312. The first-order valence-electron chi connectivity index (χ1n) is 7.47. The molecule has 1 aromatic heterocycles. The van der Waals surface area contributed by atoms with E-state index in [2.05, 4.69) is 21.5 Å². The lowest BCUT2D eigenvalue weighted by atomic mass is 9.80. The summed E-state index contributed by atoms with van der Waals surface area (Å²) < 4.78 is 1.73. The molecule has 0 bridgehead atoms. The summed E-state index contributed by atoms with van der Waals surface area (Å²) in [5, 5.41) is 18.7. The van der Waals surface area contributed by atoms with Crippen LogP contribution in [0.4, 0.5) is 5.95 Å². The molecule has 2 aliphatic rings. The number of Topliss-reactive ketones (excluding diaryl/α,β-unsaturated/α-hetero) is 1. The van der Waals surface area contributed by atoms with Crippen molar-refractivity contribution < 1.29 is 9.90 Å². The van der Waals surface area contributed by atoms with Crippen molar-refractivity contribution in [3.63, 3.8) is 0 Å². The number of para-hydroxylation sites is 1. The van der Waals surface area contributed by atoms with Crippen molar-refractivity contribution in [1.82, 2.24) is 14.8 Å². The Morgan fingerprint density at radius 3 is 3.00 bits per heavy atom. The summed E-state index contributed by atoms with van der Waals surface area (Å²) in [6, 6.07) is 6.74. The molecule has 118 valence electrons. The van der Waals surface area contributed by atoms with E-state index in [-0.39, 0.29) is 23.5 Å². The highest BCUT2D eigenvalue weighted by atomic mass is 32.2. The number of thioether (sulfide) groups is 1. The number of rotatable bonds is 2. The van der Waals surface area contributed by atoms with Gasteiger partial charge in [-0.05, 0) is 18.7 Å². The highest BCUT2D eigenvalue weighted by molar-refractivity contribution is 7.98. The molecule has 0 amide bonds. The Kier molecular flexibility index (Phi) is 3.37. The maximum absolute atomic E-state index is 12.6. The molecule has 6 nitrogen and oxygen atoms in total. The summed E-state index contributed by atoms with van der Waals surface area (Å²) in [5.41, 5.74) is 1.56. The van der Waals surface area contributed by atoms with E-state index in [9.17, 15) is 9.90 Å². The predicted molar refractivity (Wildman–Crippen MR) is 87.5 cm³/mol. The number of hydrogen-bond acceptors (Lipinski definition) is 6. The lowest BCUT2D eigenvalue weighted by Crippen LogP contribution is -2.38. The molecule has 0 fully saturated rings. The number of ketones is 1. The average molecular weight is 328 g/mol. The van der Waals surface area contributed by atoms with Crippen LogP contribution in [0.2, 0.25) is 0 Å². The van der Waals surface area contributed by atoms with E-state index >= 15 is 0 Å². The first kappa shape index (κ1) is 14.3. The van der Waals surface area contributed by atoms with Crippen molar-refractivity contribution >= 4 is 23.5 Å². The Bertz CT molecular complexity index is 814. The molecule has 23 heavy (non-hydrogen) atoms. The molecule has 0 radical (unpaired) electrons. The Labute approximate surface area is 137 Å². The Morgan fingerprint density at radius 2 is 2.22 bits per heavy atom. The summed E-state index contributed by atoms with van der Waals surface area (Å²) in [6.07, 6.45) is 5.21. The third-order valence-corrected chi connectivity index (χ3v) is 4.86. The van der Waals surface area contributed by atoms with Gasteiger partial charge in [-0.1, -0.05) is 36.0 Å². The number of allylic oxidation sites excluding steroid dienone is 2. The van der Waals surface area contributed by atoms with E-state index in [1.54, 1.807) is 16.8 Å². The number of aromatic nitrogens is 3. The number of carbonyl (C=O) groups excluding carboxylic acids is 1. The quantitative estimate of drug-likeness (QED) is 0.825. The summed E-state index contributed by atoms with van der Waals surface area (Å²) >= 11 is 1.45. The highest BCUT2D eigenvalue weighted by Crippen LogP contribution is 2.43. The molecule has 2 aromatic rings. The van der Waals surface area contributed by atoms with Gasteiger partial charge < -0.3 is 10.4 Å². The fourth-order valence-corrected chi connectivity index (χ4v) is 3.64. The van der Waals surface area contributed by atoms with Gasteiger partial charge in [-0.15, -0.1) is 5.10 Å². The Morgan fingerprint density at radius 1 is 1.39 bits per heavy atom. The van der Waals surface area contributed by atoms with Crippen LogP contribution < -0.4 is 5.32 Å². The van der Waals surface area contributed by atoms with Crippen molar-refractivity contribution in [2.75, 3.05) is 11.6 Å². The summed E-state index contributed by atoms with van der Waals surface area (Å²) in [5.74, 6) is 0.583. The van der Waals surface area contributed by atoms with Gasteiger partial charge in [-0.2, -0.15) is 4.98 Å². The number of aromatic hydroxyl groups is 1. The fourth-order valence-electron chi connectivity index (χ4n) is 3.29. The first-order valence-corrected chi connectivity index (χ1v) is 8.69. The van der Waals surface area contributed by atoms with Gasteiger partial charge in [0.25, 0.3) is 0 Å². The average Bonchev–Trinajstić information content (AvgIpc) is 2.97. The van der Waals surface area contributed by atoms with Crippen LogP contribution in [0.15, 0.2) is 41.2 Å². The van der Waals surface area contributed by atoms with Gasteiger partial charge in [0.15, 0.2) is 0 Å². The molecular formula is C16H16N4O2S. The second kappa shape index (κ2) is 5.42. The lowest BCUT2D eigenvalue weighted by molar-refractivity contribution is -0.123. The van der Waals surface area contributed by atoms with Crippen LogP contribution in [0.5, 0.6) is 5.75 Å². The lowest BCUT2D eigenvalue weighted by Gasteiger charge is -2.36. The molecule has 0 unspecified atom stereocenters. The molecule has 2 heterocycles. The van der Waals surface area contributed by atoms with Crippen LogP contribution in [0.1, 0.15) is 24.4 Å². The molecule has 0 spiro atoms. The zero-order chi connectivity index (χ0) is 16.0. The molecule has 1 aromatic carbocycles. The first-order chi connectivity index (χ1) is 11.2. The third kappa shape index (κ3) is 2.23. The van der Waals surface area contributed by atoms with Crippen LogP contribution in [0.3, 0.4) is 0 Å². The SMILES string of the molecule is CSc1nc2n(n1)[C@@H](c1ccccc1O)[C@@H]1C(=O)CCC=C1N2. The number of fused-ring (bicyclic) bond motifs is 2. The van der Waals surface area contributed by atoms with E-state index in [4.69, 9.17) is 0 Å². The second-order valence-electron chi connectivity index (χ2n) is 5.64. The monoisotopic (exact) mass is 328 g/mol. The van der Waals surface area contributed by atoms with Crippen molar-refractivity contribution in [1.29, 1.82) is 0 Å². The zero-order valence-electron chi connectivity index (χ0n) is 12.6. The van der Waals surface area contributed by atoms with Gasteiger partial charge in [-0.3, -0.25) is 4.79 Å². The summed E-state index contributed by atoms with van der Waals surface area (Å²) in [7, 11) is 0. The number of nitrogens with zero attached hydrogens (tertiary/aromatic N) is 3. The minimum Gasteiger partial charge on any atom is -0.508 e. The molecule has 4 rings (SSSR count). The van der Waals surface area contributed by atoms with Crippen molar-refractivity contribution in [2.24, 2.45) is 5.92 Å². The molecule has 2 atom stereocenters. The molecule has 1 aliphatic carbocycles. The maximum atomic E-state index is 12.6. The van der Waals surface area contributed by atoms with Crippen LogP contribution in [0, 0.1) is 5.92 Å². The minimum absolute atomic E-state index is 0.162. The van der Waals surface area contributed by atoms with E-state index in [1.807, 2.05) is 18.4 Å². The van der Waals surface area contributed by atoms with Crippen molar-refractivity contribution in [3.8, 4) is 5.75 Å². The number of benzene rings is 1. The number of phenols is 1. The third-order valence-electron chi connectivity index (χ3n) is 4.32. The van der Waals surface area contributed by atoms with Crippen molar-refractivity contribution in [3.05, 3.63) is 41.6 Å². The molecular weight excluding hydrogens is 312 g/mol. The van der Waals surface area contributed by atoms with E-state index in [0.29, 0.717) is 23.1 Å². The van der Waals surface area contributed by atoms with Gasteiger partial charge in [0.1, 0.15) is 11.5 Å². The van der Waals surface area contributed by atoms with Gasteiger partial charge in [0.2, 0.25) is 11.1 Å². The van der Waals surface area contributed by atoms with Gasteiger partial charge in [0, 0.05) is 17.7 Å². The topological polar surface area (TPSA) is 80.0 Å². The number of phenolic OH excluding ortho intramolecular Hbond substituents is 1. The van der Waals surface area contributed by atoms with E-state index in [1.165, 1.54) is 11.8 Å². The van der Waals surface area contributed by atoms with Crippen LogP contribution in [-0.2, 0) is 4.79 Å². The largest absolute Gasteiger partial charge is 0.508 e. The Balaban J connectivity index is 1.94. The molecule has 7 heteroatoms. The maximum Gasteiger partial charge on any atom is 0.227 e. The van der Waals surface area contributed by atoms with Crippen LogP contribution in [0.25, 0.3) is 0 Å². The highest BCUT2D eigenvalue weighted by Gasteiger charge is 2.42. The van der Waals surface area contributed by atoms with Crippen molar-refractivity contribution in [2.45, 2.75) is 24.0 Å². The smallest absolute Gasteiger partial charge is 0.227 e. The van der Waals surface area contributed by atoms with Crippen LogP contribution in [-0.4, -0.2) is 31.9 Å². The normalized spacial score (nSPS) is 22.8. The number of hydrogen-bond donors (Lipinski definition) is 2. The number of anilines is 1. The van der Waals surface area contributed by atoms with E-state index in [0.717, 1.165) is 12.1 Å². The summed E-state index contributed by atoms with van der Waals surface area (Å²) in [4.78, 5) is 17.0. The minimum atomic E-state index is -0.375. The number of nitrogens with one attached hydrogen (secondary N) is 1. The molecule has 0 saturated carbocycles. The van der Waals surface area contributed by atoms with Gasteiger partial charge >= 0.3 is 0 Å². The standard InChI is InChI=1S/C16H16N4O2S/c1-23-16-18-15-17-10-6-4-8-12(22)13(10)14(20(15)19-16)9-5-2-3-7-11(9)21/h2-3,5-7,13-14,21H,4,8H2,1H3,(H,17,18,19)/t13-,14-/m0/s1. The molecule has 2 N–H and O–H groups in total. The number of carbonyl (C=O) groups is 1. The Hall–Kier alpha value is -2.28. The van der Waals surface area contributed by atoms with Crippen LogP contribution >= 0.6 is 11.8 Å². The summed E-state index contributed by atoms with van der Waals surface area (Å²) in [6.45, 7) is 0. The molecule has 0 saturated heterocycles. The second-order valence-corrected chi connectivity index (χ2v) is 6.41. The molecule has 1 aliphatic heterocycles.